The zero-order valence-corrected chi connectivity index (χ0v) is 11.6. The minimum Gasteiger partial charge on any atom is -0.481 e. The topological polar surface area (TPSA) is 87.5 Å². The second-order valence-corrected chi connectivity index (χ2v) is 5.15. The number of aliphatic carboxylic acids is 1. The van der Waals surface area contributed by atoms with Gasteiger partial charge in [-0.05, 0) is 18.8 Å². The number of nitrogens with one attached hydrogen (secondary N) is 1. The maximum atomic E-state index is 12.0. The fraction of sp³-hybridized carbons (Fsp3) is 0.615. The molecular weight excluding hydrogens is 260 g/mol. The van der Waals surface area contributed by atoms with Crippen molar-refractivity contribution in [3.05, 3.63) is 18.2 Å². The van der Waals surface area contributed by atoms with Gasteiger partial charge < -0.3 is 19.9 Å². The molecule has 0 aliphatic carbocycles. The number of hydrogen-bond acceptors (Lipinski definition) is 3. The van der Waals surface area contributed by atoms with Crippen LogP contribution in [0.25, 0.3) is 0 Å². The molecule has 2 amide bonds. The minimum absolute atomic E-state index is 0.106. The van der Waals surface area contributed by atoms with E-state index in [1.165, 1.54) is 0 Å². The first kappa shape index (κ1) is 14.4. The number of hydrogen-bond donors (Lipinski definition) is 2. The van der Waals surface area contributed by atoms with E-state index in [0.717, 1.165) is 12.2 Å². The smallest absolute Gasteiger partial charge is 0.317 e. The van der Waals surface area contributed by atoms with Crippen molar-refractivity contribution >= 4 is 12.0 Å². The van der Waals surface area contributed by atoms with Gasteiger partial charge in [0.1, 0.15) is 5.82 Å². The first-order valence-corrected chi connectivity index (χ1v) is 6.77. The molecule has 1 aromatic rings. The highest BCUT2D eigenvalue weighted by Crippen LogP contribution is 2.20. The summed E-state index contributed by atoms with van der Waals surface area (Å²) in [5, 5.41) is 11.5. The summed E-state index contributed by atoms with van der Waals surface area (Å²) in [6.07, 6.45) is 5.22. The zero-order valence-electron chi connectivity index (χ0n) is 11.6. The molecule has 1 aliphatic heterocycles. The van der Waals surface area contributed by atoms with Crippen LogP contribution in [0.1, 0.15) is 25.1 Å². The monoisotopic (exact) mass is 280 g/mol. The van der Waals surface area contributed by atoms with Crippen molar-refractivity contribution in [3.8, 4) is 0 Å². The summed E-state index contributed by atoms with van der Waals surface area (Å²) < 4.78 is 1.86. The molecule has 7 heteroatoms. The predicted molar refractivity (Wildman–Crippen MR) is 72.0 cm³/mol. The zero-order chi connectivity index (χ0) is 14.5. The Morgan fingerprint density at radius 2 is 2.35 bits per heavy atom. The van der Waals surface area contributed by atoms with Gasteiger partial charge in [-0.3, -0.25) is 4.79 Å². The van der Waals surface area contributed by atoms with Gasteiger partial charge in [0.15, 0.2) is 0 Å². The maximum Gasteiger partial charge on any atom is 0.317 e. The normalized spacial score (nSPS) is 18.2. The van der Waals surface area contributed by atoms with E-state index >= 15 is 0 Å². The van der Waals surface area contributed by atoms with Crippen molar-refractivity contribution < 1.29 is 14.7 Å². The van der Waals surface area contributed by atoms with E-state index in [0.29, 0.717) is 32.0 Å². The van der Waals surface area contributed by atoms with Gasteiger partial charge >= 0.3 is 12.0 Å². The molecule has 2 rings (SSSR count). The van der Waals surface area contributed by atoms with Crippen molar-refractivity contribution in [2.45, 2.75) is 25.8 Å². The van der Waals surface area contributed by atoms with Gasteiger partial charge in [0.25, 0.3) is 0 Å². The summed E-state index contributed by atoms with van der Waals surface area (Å²) in [5.41, 5.74) is 0. The van der Waals surface area contributed by atoms with Crippen molar-refractivity contribution in [1.29, 1.82) is 0 Å². The van der Waals surface area contributed by atoms with Crippen LogP contribution in [0.2, 0.25) is 0 Å². The third kappa shape index (κ3) is 3.72. The molecule has 110 valence electrons. The number of imidazole rings is 1. The molecule has 0 aromatic carbocycles. The maximum absolute atomic E-state index is 12.0. The first-order valence-electron chi connectivity index (χ1n) is 6.77. The summed E-state index contributed by atoms with van der Waals surface area (Å²) in [4.78, 5) is 28.4. The number of rotatable bonds is 5. The quantitative estimate of drug-likeness (QED) is 0.835. The van der Waals surface area contributed by atoms with Crippen LogP contribution in [0.15, 0.2) is 12.4 Å². The molecule has 1 unspecified atom stereocenters. The van der Waals surface area contributed by atoms with Crippen LogP contribution in [-0.4, -0.2) is 44.6 Å². The van der Waals surface area contributed by atoms with Crippen LogP contribution in [-0.2, 0) is 18.4 Å². The number of carboxylic acid groups (broad SMARTS) is 1. The SMILES string of the molecule is Cn1ccnc1CNC(=O)N1CCC(CCC(=O)O)C1. The lowest BCUT2D eigenvalue weighted by atomic mass is 10.0. The third-order valence-electron chi connectivity index (χ3n) is 3.66. The number of carbonyl (C=O) groups is 2. The lowest BCUT2D eigenvalue weighted by molar-refractivity contribution is -0.137. The number of amides is 2. The van der Waals surface area contributed by atoms with Crippen LogP contribution in [0.3, 0.4) is 0 Å². The fourth-order valence-corrected chi connectivity index (χ4v) is 2.41. The molecule has 1 aromatic heterocycles. The Morgan fingerprint density at radius 3 is 3.00 bits per heavy atom. The van der Waals surface area contributed by atoms with Crippen LogP contribution >= 0.6 is 0 Å². The molecular formula is C13H20N4O3. The van der Waals surface area contributed by atoms with Crippen molar-refractivity contribution in [1.82, 2.24) is 19.8 Å². The summed E-state index contributed by atoms with van der Waals surface area (Å²) >= 11 is 0. The largest absolute Gasteiger partial charge is 0.481 e. The number of likely N-dealkylation sites (tertiary alicyclic amines) is 1. The summed E-state index contributed by atoms with van der Waals surface area (Å²) in [7, 11) is 1.88. The number of nitrogens with zero attached hydrogens (tertiary/aromatic N) is 3. The minimum atomic E-state index is -0.775. The van der Waals surface area contributed by atoms with E-state index in [2.05, 4.69) is 10.3 Å². The van der Waals surface area contributed by atoms with E-state index in [1.54, 1.807) is 11.1 Å². The standard InChI is InChI=1S/C13H20N4O3/c1-16-7-5-14-11(16)8-15-13(20)17-6-4-10(9-17)2-3-12(18)19/h5,7,10H,2-4,6,8-9H2,1H3,(H,15,20)(H,18,19). The molecule has 1 fully saturated rings. The summed E-state index contributed by atoms with van der Waals surface area (Å²) in [6, 6.07) is -0.106. The molecule has 2 heterocycles. The van der Waals surface area contributed by atoms with Gasteiger partial charge in [-0.15, -0.1) is 0 Å². The second-order valence-electron chi connectivity index (χ2n) is 5.15. The molecule has 1 aliphatic rings. The fourth-order valence-electron chi connectivity index (χ4n) is 2.41. The van der Waals surface area contributed by atoms with E-state index in [9.17, 15) is 9.59 Å². The second kappa shape index (κ2) is 6.40. The van der Waals surface area contributed by atoms with Gasteiger partial charge in [-0.2, -0.15) is 0 Å². The van der Waals surface area contributed by atoms with E-state index < -0.39 is 5.97 Å². The first-order chi connectivity index (χ1) is 9.56. The van der Waals surface area contributed by atoms with Crippen molar-refractivity contribution in [2.24, 2.45) is 13.0 Å². The number of carboxylic acids is 1. The lowest BCUT2D eigenvalue weighted by Crippen LogP contribution is -2.38. The molecule has 0 bridgehead atoms. The Balaban J connectivity index is 1.74. The average Bonchev–Trinajstić information content (AvgIpc) is 3.02. The average molecular weight is 280 g/mol. The predicted octanol–water partition coefficient (Wildman–Crippen LogP) is 0.816. The Labute approximate surface area is 117 Å². The summed E-state index contributed by atoms with van der Waals surface area (Å²) in [6.45, 7) is 1.73. The Bertz CT molecular complexity index is 486. The number of aromatic nitrogens is 2. The third-order valence-corrected chi connectivity index (χ3v) is 3.66. The van der Waals surface area contributed by atoms with Crippen molar-refractivity contribution in [2.75, 3.05) is 13.1 Å². The lowest BCUT2D eigenvalue weighted by Gasteiger charge is -2.17. The molecule has 0 radical (unpaired) electrons. The van der Waals surface area contributed by atoms with Gasteiger partial charge in [-0.1, -0.05) is 0 Å². The highest BCUT2D eigenvalue weighted by atomic mass is 16.4. The van der Waals surface area contributed by atoms with E-state index in [1.807, 2.05) is 17.8 Å². The van der Waals surface area contributed by atoms with Crippen LogP contribution in [0, 0.1) is 5.92 Å². The van der Waals surface area contributed by atoms with Gasteiger partial charge in [0, 0.05) is 39.0 Å². The summed E-state index contributed by atoms with van der Waals surface area (Å²) in [5.74, 6) is 0.327. The Morgan fingerprint density at radius 1 is 1.55 bits per heavy atom. The highest BCUT2D eigenvalue weighted by Gasteiger charge is 2.26. The number of aryl methyl sites for hydroxylation is 1. The molecule has 1 saturated heterocycles. The van der Waals surface area contributed by atoms with Crippen LogP contribution in [0.4, 0.5) is 4.79 Å². The van der Waals surface area contributed by atoms with E-state index in [4.69, 9.17) is 5.11 Å². The van der Waals surface area contributed by atoms with Crippen LogP contribution in [0.5, 0.6) is 0 Å². The molecule has 20 heavy (non-hydrogen) atoms. The molecule has 0 saturated carbocycles. The van der Waals surface area contributed by atoms with Gasteiger partial charge in [0.05, 0.1) is 6.54 Å². The molecule has 0 spiro atoms. The molecule has 7 nitrogen and oxygen atoms in total. The van der Waals surface area contributed by atoms with Gasteiger partial charge in [0.2, 0.25) is 0 Å². The number of urea groups is 1. The van der Waals surface area contributed by atoms with E-state index in [-0.39, 0.29) is 12.5 Å². The van der Waals surface area contributed by atoms with Crippen LogP contribution < -0.4 is 5.32 Å². The molecule has 1 atom stereocenters. The van der Waals surface area contributed by atoms with Crippen molar-refractivity contribution in [3.63, 3.8) is 0 Å². The Kier molecular flexibility index (Phi) is 4.60. The molecule has 2 N–H and O–H groups in total. The Hall–Kier alpha value is -2.05. The number of carbonyl (C=O) groups excluding carboxylic acids is 1. The van der Waals surface area contributed by atoms with Gasteiger partial charge in [-0.25, -0.2) is 9.78 Å². The highest BCUT2D eigenvalue weighted by molar-refractivity contribution is 5.74.